The molecule has 1 aliphatic carbocycles. The van der Waals surface area contributed by atoms with Gasteiger partial charge in [0.15, 0.2) is 0 Å². The molecule has 0 aliphatic heterocycles. The van der Waals surface area contributed by atoms with Crippen molar-refractivity contribution in [2.24, 2.45) is 0 Å². The summed E-state index contributed by atoms with van der Waals surface area (Å²) in [6.07, 6.45) is 1.74. The Morgan fingerprint density at radius 3 is 2.81 bits per heavy atom. The van der Waals surface area contributed by atoms with Crippen LogP contribution in [0.5, 0.6) is 5.75 Å². The highest BCUT2D eigenvalue weighted by atomic mass is 19.1. The fourth-order valence-electron chi connectivity index (χ4n) is 3.20. The van der Waals surface area contributed by atoms with Crippen LogP contribution in [0.25, 0.3) is 0 Å². The fourth-order valence-corrected chi connectivity index (χ4v) is 3.20. The Hall–Kier alpha value is -1.87. The first-order chi connectivity index (χ1) is 10.2. The minimum absolute atomic E-state index is 0.0817. The van der Waals surface area contributed by atoms with Crippen molar-refractivity contribution in [3.63, 3.8) is 0 Å². The van der Waals surface area contributed by atoms with Gasteiger partial charge in [-0.3, -0.25) is 0 Å². The van der Waals surface area contributed by atoms with Gasteiger partial charge in [0.05, 0.1) is 7.11 Å². The van der Waals surface area contributed by atoms with Crippen LogP contribution in [0.15, 0.2) is 42.5 Å². The molecule has 0 heterocycles. The summed E-state index contributed by atoms with van der Waals surface area (Å²) >= 11 is 0. The molecule has 1 aliphatic rings. The van der Waals surface area contributed by atoms with Crippen molar-refractivity contribution in [1.29, 1.82) is 0 Å². The smallest absolute Gasteiger partial charge is 0.126 e. The molecule has 0 fully saturated rings. The number of hydrogen-bond donors (Lipinski definition) is 1. The summed E-state index contributed by atoms with van der Waals surface area (Å²) in [7, 11) is 1.69. The molecule has 0 amide bonds. The molecule has 1 N–H and O–H groups in total. The van der Waals surface area contributed by atoms with E-state index in [1.165, 1.54) is 0 Å². The lowest BCUT2D eigenvalue weighted by molar-refractivity contribution is 0.393. The first-order valence-corrected chi connectivity index (χ1v) is 7.37. The zero-order chi connectivity index (χ0) is 14.8. The van der Waals surface area contributed by atoms with Crippen molar-refractivity contribution < 1.29 is 9.13 Å². The highest BCUT2D eigenvalue weighted by Gasteiger charge is 2.26. The van der Waals surface area contributed by atoms with Crippen LogP contribution in [-0.2, 0) is 6.42 Å². The number of benzene rings is 2. The normalized spacial score (nSPS) is 18.3. The van der Waals surface area contributed by atoms with Crippen LogP contribution >= 0.6 is 0 Å². The quantitative estimate of drug-likeness (QED) is 0.910. The first kappa shape index (κ1) is 14.1. The van der Waals surface area contributed by atoms with Crippen molar-refractivity contribution >= 4 is 0 Å². The third-order valence-corrected chi connectivity index (χ3v) is 4.27. The number of fused-ring (bicyclic) bond motifs is 1. The van der Waals surface area contributed by atoms with Gasteiger partial charge in [-0.2, -0.15) is 0 Å². The van der Waals surface area contributed by atoms with Gasteiger partial charge in [-0.15, -0.1) is 0 Å². The van der Waals surface area contributed by atoms with E-state index in [2.05, 4.69) is 18.3 Å². The van der Waals surface area contributed by atoms with Crippen LogP contribution in [0.1, 0.15) is 42.1 Å². The molecule has 2 nitrogen and oxygen atoms in total. The molecule has 0 radical (unpaired) electrons. The van der Waals surface area contributed by atoms with E-state index < -0.39 is 0 Å². The number of nitrogens with one attached hydrogen (secondary N) is 1. The average Bonchev–Trinajstić information content (AvgIpc) is 2.92. The van der Waals surface area contributed by atoms with Crippen molar-refractivity contribution in [3.8, 4) is 5.75 Å². The Morgan fingerprint density at radius 1 is 1.19 bits per heavy atom. The van der Waals surface area contributed by atoms with Crippen molar-refractivity contribution in [2.75, 3.05) is 7.11 Å². The van der Waals surface area contributed by atoms with Gasteiger partial charge in [0.2, 0.25) is 0 Å². The third-order valence-electron chi connectivity index (χ3n) is 4.27. The van der Waals surface area contributed by atoms with Crippen molar-refractivity contribution in [3.05, 3.63) is 65.0 Å². The molecule has 110 valence electrons. The van der Waals surface area contributed by atoms with Crippen LogP contribution in [0.4, 0.5) is 4.39 Å². The van der Waals surface area contributed by atoms with E-state index in [-0.39, 0.29) is 17.9 Å². The Bertz CT molecular complexity index is 641. The van der Waals surface area contributed by atoms with E-state index in [4.69, 9.17) is 4.74 Å². The summed E-state index contributed by atoms with van der Waals surface area (Å²) in [5.74, 6) is 0.803. The second-order valence-corrected chi connectivity index (χ2v) is 5.53. The van der Waals surface area contributed by atoms with Crippen LogP contribution in [0, 0.1) is 5.82 Å². The van der Waals surface area contributed by atoms with Crippen molar-refractivity contribution in [1.82, 2.24) is 5.32 Å². The minimum Gasteiger partial charge on any atom is -0.496 e. The molecular weight excluding hydrogens is 265 g/mol. The van der Waals surface area contributed by atoms with Crippen LogP contribution in [0.3, 0.4) is 0 Å². The molecule has 2 aromatic carbocycles. The van der Waals surface area contributed by atoms with Gasteiger partial charge in [0.1, 0.15) is 11.6 Å². The summed E-state index contributed by atoms with van der Waals surface area (Å²) in [6, 6.07) is 13.7. The van der Waals surface area contributed by atoms with Gasteiger partial charge < -0.3 is 10.1 Å². The van der Waals surface area contributed by atoms with Gasteiger partial charge in [-0.1, -0.05) is 30.3 Å². The fraction of sp³-hybridized carbons (Fsp3) is 0.333. The van der Waals surface area contributed by atoms with Gasteiger partial charge in [-0.05, 0) is 43.0 Å². The molecular formula is C18H20FNO. The minimum atomic E-state index is -0.0817. The van der Waals surface area contributed by atoms with Crippen LogP contribution in [-0.4, -0.2) is 7.11 Å². The third kappa shape index (κ3) is 2.66. The standard InChI is InChI=1S/C18H20FNO/c1-12(13-6-3-4-9-18(13)21-2)20-17-11-10-14-15(17)7-5-8-16(14)19/h3-9,12,17,20H,10-11H2,1-2H3/t12-,17?/m1/s1. The van der Waals surface area contributed by atoms with E-state index in [0.29, 0.717) is 0 Å². The number of para-hydroxylation sites is 1. The summed E-state index contributed by atoms with van der Waals surface area (Å²) in [5.41, 5.74) is 3.09. The van der Waals surface area contributed by atoms with E-state index >= 15 is 0 Å². The number of rotatable bonds is 4. The number of halogens is 1. The molecule has 0 saturated heterocycles. The zero-order valence-electron chi connectivity index (χ0n) is 12.4. The molecule has 0 bridgehead atoms. The molecule has 0 spiro atoms. The molecule has 21 heavy (non-hydrogen) atoms. The number of hydrogen-bond acceptors (Lipinski definition) is 2. The van der Waals surface area contributed by atoms with Gasteiger partial charge in [0, 0.05) is 17.6 Å². The highest BCUT2D eigenvalue weighted by molar-refractivity contribution is 5.38. The lowest BCUT2D eigenvalue weighted by atomic mass is 10.0. The largest absolute Gasteiger partial charge is 0.496 e. The Labute approximate surface area is 125 Å². The molecule has 2 aromatic rings. The summed E-state index contributed by atoms with van der Waals surface area (Å²) in [6.45, 7) is 2.12. The maximum Gasteiger partial charge on any atom is 0.126 e. The summed E-state index contributed by atoms with van der Waals surface area (Å²) in [4.78, 5) is 0. The molecule has 3 heteroatoms. The summed E-state index contributed by atoms with van der Waals surface area (Å²) in [5, 5.41) is 3.61. The van der Waals surface area contributed by atoms with Crippen LogP contribution < -0.4 is 10.1 Å². The predicted molar refractivity (Wildman–Crippen MR) is 82.0 cm³/mol. The van der Waals surface area contributed by atoms with Crippen LogP contribution in [0.2, 0.25) is 0 Å². The second-order valence-electron chi connectivity index (χ2n) is 5.53. The number of methoxy groups -OCH3 is 1. The monoisotopic (exact) mass is 285 g/mol. The lowest BCUT2D eigenvalue weighted by Crippen LogP contribution is -2.23. The van der Waals surface area contributed by atoms with E-state index in [1.54, 1.807) is 19.2 Å². The van der Waals surface area contributed by atoms with Gasteiger partial charge in [0.25, 0.3) is 0 Å². The first-order valence-electron chi connectivity index (χ1n) is 7.37. The highest BCUT2D eigenvalue weighted by Crippen LogP contribution is 2.35. The van der Waals surface area contributed by atoms with E-state index in [0.717, 1.165) is 35.3 Å². The predicted octanol–water partition coefficient (Wildman–Crippen LogP) is 4.17. The molecule has 1 unspecified atom stereocenters. The van der Waals surface area contributed by atoms with E-state index in [1.807, 2.05) is 24.3 Å². The molecule has 0 aromatic heterocycles. The van der Waals surface area contributed by atoms with E-state index in [9.17, 15) is 4.39 Å². The maximum absolute atomic E-state index is 13.8. The number of ether oxygens (including phenoxy) is 1. The molecule has 2 atom stereocenters. The average molecular weight is 285 g/mol. The summed E-state index contributed by atoms with van der Waals surface area (Å²) < 4.78 is 19.2. The molecule has 0 saturated carbocycles. The van der Waals surface area contributed by atoms with Gasteiger partial charge >= 0.3 is 0 Å². The topological polar surface area (TPSA) is 21.3 Å². The zero-order valence-corrected chi connectivity index (χ0v) is 12.4. The maximum atomic E-state index is 13.8. The Kier molecular flexibility index (Phi) is 3.93. The SMILES string of the molecule is COc1ccccc1[C@@H](C)NC1CCc2c(F)cccc21. The van der Waals surface area contributed by atoms with Gasteiger partial charge in [-0.25, -0.2) is 4.39 Å². The molecule has 3 rings (SSSR count). The second kappa shape index (κ2) is 5.86. The lowest BCUT2D eigenvalue weighted by Gasteiger charge is -2.22. The van der Waals surface area contributed by atoms with Crippen molar-refractivity contribution in [2.45, 2.75) is 31.8 Å². The Balaban J connectivity index is 1.81. The Morgan fingerprint density at radius 2 is 2.00 bits per heavy atom.